The van der Waals surface area contributed by atoms with Gasteiger partial charge in [0.05, 0.1) is 5.01 Å². The summed E-state index contributed by atoms with van der Waals surface area (Å²) in [5.74, 6) is 0.529. The molecule has 0 saturated heterocycles. The van der Waals surface area contributed by atoms with Crippen molar-refractivity contribution in [3.63, 3.8) is 0 Å². The molecular weight excluding hydrogens is 234 g/mol. The Morgan fingerprint density at radius 3 is 3.00 bits per heavy atom. The Labute approximate surface area is 107 Å². The van der Waals surface area contributed by atoms with Crippen LogP contribution in [0.2, 0.25) is 0 Å². The van der Waals surface area contributed by atoms with Crippen LogP contribution in [0.3, 0.4) is 0 Å². The molecule has 0 aromatic carbocycles. The number of nitrogens with one attached hydrogen (secondary N) is 1. The van der Waals surface area contributed by atoms with Crippen LogP contribution in [0.5, 0.6) is 0 Å². The highest BCUT2D eigenvalue weighted by atomic mass is 32.1. The highest BCUT2D eigenvalue weighted by Gasteiger charge is 2.05. The second kappa shape index (κ2) is 7.40. The largest absolute Gasteiger partial charge is 0.356 e. The van der Waals surface area contributed by atoms with Crippen LogP contribution in [-0.2, 0) is 11.2 Å². The molecule has 0 aliphatic rings. The third-order valence-electron chi connectivity index (χ3n) is 2.59. The van der Waals surface area contributed by atoms with Crippen LogP contribution in [0.15, 0.2) is 5.38 Å². The van der Waals surface area contributed by atoms with Gasteiger partial charge in [-0.25, -0.2) is 4.98 Å². The van der Waals surface area contributed by atoms with Gasteiger partial charge in [0, 0.05) is 30.5 Å². The lowest BCUT2D eigenvalue weighted by atomic mass is 10.1. The van der Waals surface area contributed by atoms with Crippen molar-refractivity contribution in [2.24, 2.45) is 11.7 Å². The van der Waals surface area contributed by atoms with Gasteiger partial charge in [-0.3, -0.25) is 4.79 Å². The van der Waals surface area contributed by atoms with E-state index < -0.39 is 0 Å². The van der Waals surface area contributed by atoms with Gasteiger partial charge in [0.1, 0.15) is 0 Å². The zero-order valence-electron chi connectivity index (χ0n) is 10.5. The Morgan fingerprint density at radius 1 is 1.65 bits per heavy atom. The number of carbonyl (C=O) groups excluding carboxylic acids is 1. The summed E-state index contributed by atoms with van der Waals surface area (Å²) in [7, 11) is 0. The summed E-state index contributed by atoms with van der Waals surface area (Å²) in [4.78, 5) is 15.8. The van der Waals surface area contributed by atoms with E-state index in [1.165, 1.54) is 0 Å². The first-order valence-corrected chi connectivity index (χ1v) is 6.87. The fraction of sp³-hybridized carbons (Fsp3) is 0.667. The first-order valence-electron chi connectivity index (χ1n) is 5.99. The molecule has 1 rings (SSSR count). The minimum absolute atomic E-state index is 0.110. The average Bonchev–Trinajstić information content (AvgIpc) is 2.72. The van der Waals surface area contributed by atoms with Gasteiger partial charge in [-0.15, -0.1) is 11.3 Å². The fourth-order valence-electron chi connectivity index (χ4n) is 1.41. The molecule has 3 N–H and O–H groups in total. The molecular formula is C12H21N3OS. The van der Waals surface area contributed by atoms with E-state index in [1.807, 2.05) is 12.3 Å². The second-order valence-corrected chi connectivity index (χ2v) is 5.30. The monoisotopic (exact) mass is 255 g/mol. The first-order chi connectivity index (χ1) is 8.11. The molecule has 1 aromatic rings. The van der Waals surface area contributed by atoms with Gasteiger partial charge in [0.2, 0.25) is 5.91 Å². The summed E-state index contributed by atoms with van der Waals surface area (Å²) < 4.78 is 0. The topological polar surface area (TPSA) is 68.0 Å². The molecule has 0 radical (unpaired) electrons. The Kier molecular flexibility index (Phi) is 6.15. The molecule has 1 heterocycles. The molecule has 0 spiro atoms. The van der Waals surface area contributed by atoms with E-state index >= 15 is 0 Å². The molecule has 0 fully saturated rings. The van der Waals surface area contributed by atoms with Crippen LogP contribution in [-0.4, -0.2) is 24.0 Å². The van der Waals surface area contributed by atoms with Crippen LogP contribution < -0.4 is 11.1 Å². The Hall–Kier alpha value is -0.940. The summed E-state index contributed by atoms with van der Waals surface area (Å²) >= 11 is 1.64. The zero-order chi connectivity index (χ0) is 12.7. The summed E-state index contributed by atoms with van der Waals surface area (Å²) in [6.45, 7) is 5.35. The van der Waals surface area contributed by atoms with Crippen molar-refractivity contribution >= 4 is 17.2 Å². The molecule has 96 valence electrons. The van der Waals surface area contributed by atoms with Gasteiger partial charge in [0.25, 0.3) is 0 Å². The molecule has 4 nitrogen and oxygen atoms in total. The summed E-state index contributed by atoms with van der Waals surface area (Å²) in [6.07, 6.45) is 2.24. The standard InChI is InChI=1S/C12H21N3OS/c1-9(7-13)3-4-11(16)14-6-5-12-15-10(2)8-17-12/h8-9H,3-7,13H2,1-2H3,(H,14,16). The highest BCUT2D eigenvalue weighted by Crippen LogP contribution is 2.08. The molecule has 1 unspecified atom stereocenters. The van der Waals surface area contributed by atoms with Crippen molar-refractivity contribution in [1.29, 1.82) is 0 Å². The molecule has 0 aliphatic carbocycles. The number of hydrogen-bond acceptors (Lipinski definition) is 4. The first kappa shape index (κ1) is 14.1. The lowest BCUT2D eigenvalue weighted by Gasteiger charge is -2.08. The van der Waals surface area contributed by atoms with Crippen LogP contribution in [0.25, 0.3) is 0 Å². The van der Waals surface area contributed by atoms with Crippen LogP contribution >= 0.6 is 11.3 Å². The quantitative estimate of drug-likeness (QED) is 0.775. The van der Waals surface area contributed by atoms with E-state index in [0.29, 0.717) is 25.4 Å². The number of aromatic nitrogens is 1. The second-order valence-electron chi connectivity index (χ2n) is 4.36. The zero-order valence-corrected chi connectivity index (χ0v) is 11.3. The smallest absolute Gasteiger partial charge is 0.220 e. The molecule has 0 aliphatic heterocycles. The lowest BCUT2D eigenvalue weighted by molar-refractivity contribution is -0.121. The van der Waals surface area contributed by atoms with Crippen molar-refractivity contribution in [3.8, 4) is 0 Å². The number of aryl methyl sites for hydroxylation is 1. The predicted octanol–water partition coefficient (Wildman–Crippen LogP) is 1.49. The normalized spacial score (nSPS) is 12.4. The fourth-order valence-corrected chi connectivity index (χ4v) is 2.19. The van der Waals surface area contributed by atoms with E-state index in [9.17, 15) is 4.79 Å². The number of hydrogen-bond donors (Lipinski definition) is 2. The van der Waals surface area contributed by atoms with Gasteiger partial charge in [0.15, 0.2) is 0 Å². The number of rotatable bonds is 7. The van der Waals surface area contributed by atoms with Gasteiger partial charge < -0.3 is 11.1 Å². The van der Waals surface area contributed by atoms with Crippen molar-refractivity contribution in [2.75, 3.05) is 13.1 Å². The van der Waals surface area contributed by atoms with E-state index in [0.717, 1.165) is 23.5 Å². The average molecular weight is 255 g/mol. The number of nitrogens with zero attached hydrogens (tertiary/aromatic N) is 1. The molecule has 1 aromatic heterocycles. The van der Waals surface area contributed by atoms with Crippen molar-refractivity contribution < 1.29 is 4.79 Å². The molecule has 17 heavy (non-hydrogen) atoms. The minimum atomic E-state index is 0.110. The Morgan fingerprint density at radius 2 is 2.41 bits per heavy atom. The van der Waals surface area contributed by atoms with E-state index in [1.54, 1.807) is 11.3 Å². The maximum Gasteiger partial charge on any atom is 0.220 e. The number of carbonyl (C=O) groups is 1. The van der Waals surface area contributed by atoms with Gasteiger partial charge in [-0.2, -0.15) is 0 Å². The number of thiazole rings is 1. The summed E-state index contributed by atoms with van der Waals surface area (Å²) in [5, 5.41) is 6.02. The Bertz CT molecular complexity index is 351. The molecule has 1 atom stereocenters. The van der Waals surface area contributed by atoms with Gasteiger partial charge in [-0.05, 0) is 25.8 Å². The van der Waals surface area contributed by atoms with Gasteiger partial charge in [-0.1, -0.05) is 6.92 Å². The van der Waals surface area contributed by atoms with Gasteiger partial charge >= 0.3 is 0 Å². The van der Waals surface area contributed by atoms with Crippen LogP contribution in [0.4, 0.5) is 0 Å². The van der Waals surface area contributed by atoms with E-state index in [4.69, 9.17) is 5.73 Å². The number of nitrogens with two attached hydrogens (primary N) is 1. The highest BCUT2D eigenvalue weighted by molar-refractivity contribution is 7.09. The maximum absolute atomic E-state index is 11.5. The van der Waals surface area contributed by atoms with E-state index in [-0.39, 0.29) is 5.91 Å². The third kappa shape index (κ3) is 5.79. The number of amides is 1. The molecule has 0 saturated carbocycles. The lowest BCUT2D eigenvalue weighted by Crippen LogP contribution is -2.26. The minimum Gasteiger partial charge on any atom is -0.356 e. The van der Waals surface area contributed by atoms with E-state index in [2.05, 4.69) is 17.2 Å². The maximum atomic E-state index is 11.5. The van der Waals surface area contributed by atoms with Crippen molar-refractivity contribution in [3.05, 3.63) is 16.1 Å². The summed E-state index contributed by atoms with van der Waals surface area (Å²) in [6, 6.07) is 0. The van der Waals surface area contributed by atoms with Crippen molar-refractivity contribution in [2.45, 2.75) is 33.1 Å². The van der Waals surface area contributed by atoms with Crippen LogP contribution in [0.1, 0.15) is 30.5 Å². The molecule has 1 amide bonds. The molecule has 0 bridgehead atoms. The Balaban J connectivity index is 2.12. The SMILES string of the molecule is Cc1csc(CCNC(=O)CCC(C)CN)n1. The van der Waals surface area contributed by atoms with Crippen LogP contribution in [0, 0.1) is 12.8 Å². The predicted molar refractivity (Wildman–Crippen MR) is 71.0 cm³/mol. The third-order valence-corrected chi connectivity index (χ3v) is 3.62. The van der Waals surface area contributed by atoms with Crippen molar-refractivity contribution in [1.82, 2.24) is 10.3 Å². The summed E-state index contributed by atoms with van der Waals surface area (Å²) in [5.41, 5.74) is 6.55. The molecule has 5 heteroatoms.